The van der Waals surface area contributed by atoms with Crippen LogP contribution in [0.4, 0.5) is 11.4 Å². The van der Waals surface area contributed by atoms with E-state index < -0.39 is 23.4 Å². The highest BCUT2D eigenvalue weighted by molar-refractivity contribution is 5.95. The molecule has 2 aromatic rings. The van der Waals surface area contributed by atoms with Gasteiger partial charge in [0.1, 0.15) is 0 Å². The highest BCUT2D eigenvalue weighted by Gasteiger charge is 2.15. The monoisotopic (exact) mass is 344 g/mol. The van der Waals surface area contributed by atoms with Gasteiger partial charge in [-0.2, -0.15) is 0 Å². The molecule has 1 N–H and O–H groups in total. The fraction of sp³-hybridized carbons (Fsp3) is 0.125. The summed E-state index contributed by atoms with van der Waals surface area (Å²) in [4.78, 5) is 33.7. The molecule has 25 heavy (non-hydrogen) atoms. The fourth-order valence-corrected chi connectivity index (χ4v) is 2.11. The molecule has 0 atom stereocenters. The van der Waals surface area contributed by atoms with Gasteiger partial charge in [-0.25, -0.2) is 4.79 Å². The number of ether oxygens (including phenoxy) is 3. The van der Waals surface area contributed by atoms with Crippen LogP contribution in [0.15, 0.2) is 42.5 Å². The number of hydrogen-bond acceptors (Lipinski definition) is 7. The summed E-state index contributed by atoms with van der Waals surface area (Å²) in [5.74, 6) is -0.187. The summed E-state index contributed by atoms with van der Waals surface area (Å²) < 4.78 is 15.2. The van der Waals surface area contributed by atoms with Crippen molar-refractivity contribution in [2.45, 2.75) is 0 Å². The Morgan fingerprint density at radius 2 is 1.84 bits per heavy atom. The summed E-state index contributed by atoms with van der Waals surface area (Å²) in [7, 11) is 0. The van der Waals surface area contributed by atoms with Crippen molar-refractivity contribution < 1.29 is 28.7 Å². The smallest absolute Gasteiger partial charge is 0.338 e. The van der Waals surface area contributed by atoms with Gasteiger partial charge in [0.05, 0.1) is 10.5 Å². The van der Waals surface area contributed by atoms with Crippen LogP contribution in [0.1, 0.15) is 10.4 Å². The standard InChI is InChI=1S/C16H12N2O7/c19-15(17-11-3-6-13-14(7-11)25-9-24-13)8-23-16(20)10-1-4-12(5-2-10)18(21)22/h1-7H,8-9H2,(H,17,19). The average molecular weight is 344 g/mol. The predicted octanol–water partition coefficient (Wildman–Crippen LogP) is 2.12. The molecule has 0 aliphatic carbocycles. The zero-order valence-electron chi connectivity index (χ0n) is 12.8. The van der Waals surface area contributed by atoms with Gasteiger partial charge in [-0.3, -0.25) is 14.9 Å². The Kier molecular flexibility index (Phi) is 4.46. The van der Waals surface area contributed by atoms with Crippen LogP contribution in [0.25, 0.3) is 0 Å². The number of hydrogen-bond donors (Lipinski definition) is 1. The second-order valence-electron chi connectivity index (χ2n) is 5.00. The molecule has 3 rings (SSSR count). The first-order valence-corrected chi connectivity index (χ1v) is 7.14. The second kappa shape index (κ2) is 6.87. The van der Waals surface area contributed by atoms with Gasteiger partial charge in [0.25, 0.3) is 11.6 Å². The lowest BCUT2D eigenvalue weighted by molar-refractivity contribution is -0.384. The van der Waals surface area contributed by atoms with E-state index >= 15 is 0 Å². The van der Waals surface area contributed by atoms with Crippen LogP contribution in [0, 0.1) is 10.1 Å². The molecule has 0 bridgehead atoms. The van der Waals surface area contributed by atoms with E-state index in [1.807, 2.05) is 0 Å². The normalized spacial score (nSPS) is 11.7. The molecular formula is C16H12N2O7. The Morgan fingerprint density at radius 1 is 1.12 bits per heavy atom. The number of amides is 1. The van der Waals surface area contributed by atoms with Crippen molar-refractivity contribution in [2.24, 2.45) is 0 Å². The van der Waals surface area contributed by atoms with Crippen LogP contribution in [0.2, 0.25) is 0 Å². The van der Waals surface area contributed by atoms with Gasteiger partial charge in [-0.1, -0.05) is 0 Å². The Balaban J connectivity index is 1.53. The minimum absolute atomic E-state index is 0.112. The Morgan fingerprint density at radius 3 is 2.56 bits per heavy atom. The summed E-state index contributed by atoms with van der Waals surface area (Å²) >= 11 is 0. The third-order valence-electron chi connectivity index (χ3n) is 3.30. The van der Waals surface area contributed by atoms with Gasteiger partial charge >= 0.3 is 5.97 Å². The summed E-state index contributed by atoms with van der Waals surface area (Å²) in [6.07, 6.45) is 0. The van der Waals surface area contributed by atoms with Crippen LogP contribution in [0.5, 0.6) is 11.5 Å². The summed E-state index contributed by atoms with van der Waals surface area (Å²) in [6, 6.07) is 9.77. The van der Waals surface area contributed by atoms with E-state index in [1.54, 1.807) is 18.2 Å². The molecule has 0 radical (unpaired) electrons. The number of non-ortho nitro benzene ring substituents is 1. The van der Waals surface area contributed by atoms with Crippen molar-refractivity contribution in [1.29, 1.82) is 0 Å². The molecule has 0 unspecified atom stereocenters. The molecule has 1 heterocycles. The molecule has 0 fully saturated rings. The number of carbonyl (C=O) groups is 2. The predicted molar refractivity (Wildman–Crippen MR) is 84.6 cm³/mol. The maximum atomic E-state index is 11.8. The maximum Gasteiger partial charge on any atom is 0.338 e. The van der Waals surface area contributed by atoms with Gasteiger partial charge in [0.2, 0.25) is 6.79 Å². The van der Waals surface area contributed by atoms with Crippen LogP contribution < -0.4 is 14.8 Å². The van der Waals surface area contributed by atoms with E-state index in [0.29, 0.717) is 17.2 Å². The lowest BCUT2D eigenvalue weighted by Crippen LogP contribution is -2.20. The molecule has 9 nitrogen and oxygen atoms in total. The molecule has 1 aliphatic heterocycles. The van der Waals surface area contributed by atoms with E-state index in [1.165, 1.54) is 24.3 Å². The minimum Gasteiger partial charge on any atom is -0.454 e. The fourth-order valence-electron chi connectivity index (χ4n) is 2.11. The first kappa shape index (κ1) is 16.2. The summed E-state index contributed by atoms with van der Waals surface area (Å²) in [6.45, 7) is -0.371. The third kappa shape index (κ3) is 3.83. The van der Waals surface area contributed by atoms with Crippen LogP contribution in [-0.2, 0) is 9.53 Å². The Bertz CT molecular complexity index is 833. The molecule has 9 heteroatoms. The first-order valence-electron chi connectivity index (χ1n) is 7.14. The Hall–Kier alpha value is -3.62. The molecule has 0 aromatic heterocycles. The number of carbonyl (C=O) groups excluding carboxylic acids is 2. The molecule has 0 spiro atoms. The van der Waals surface area contributed by atoms with Crippen molar-refractivity contribution in [3.05, 3.63) is 58.1 Å². The van der Waals surface area contributed by atoms with Gasteiger partial charge in [-0.05, 0) is 24.3 Å². The molecule has 0 saturated carbocycles. The van der Waals surface area contributed by atoms with E-state index in [4.69, 9.17) is 14.2 Å². The SMILES string of the molecule is O=C(COC(=O)c1ccc([N+](=O)[O-])cc1)Nc1ccc2c(c1)OCO2. The highest BCUT2D eigenvalue weighted by atomic mass is 16.7. The van der Waals surface area contributed by atoms with Crippen LogP contribution in [-0.4, -0.2) is 30.2 Å². The lowest BCUT2D eigenvalue weighted by Gasteiger charge is -2.07. The maximum absolute atomic E-state index is 11.8. The molecule has 1 amide bonds. The largest absolute Gasteiger partial charge is 0.454 e. The van der Waals surface area contributed by atoms with Crippen molar-refractivity contribution in [1.82, 2.24) is 0 Å². The van der Waals surface area contributed by atoms with E-state index in [2.05, 4.69) is 5.32 Å². The lowest BCUT2D eigenvalue weighted by atomic mass is 10.2. The number of anilines is 1. The quantitative estimate of drug-likeness (QED) is 0.501. The number of rotatable bonds is 5. The number of nitro groups is 1. The van der Waals surface area contributed by atoms with Gasteiger partial charge in [0.15, 0.2) is 18.1 Å². The van der Waals surface area contributed by atoms with Crippen LogP contribution >= 0.6 is 0 Å². The van der Waals surface area contributed by atoms with Crippen molar-refractivity contribution in [3.63, 3.8) is 0 Å². The molecular weight excluding hydrogens is 332 g/mol. The average Bonchev–Trinajstić information content (AvgIpc) is 3.07. The van der Waals surface area contributed by atoms with Crippen molar-refractivity contribution in [3.8, 4) is 11.5 Å². The number of benzene rings is 2. The number of nitrogens with one attached hydrogen (secondary N) is 1. The molecule has 128 valence electrons. The number of fused-ring (bicyclic) bond motifs is 1. The van der Waals surface area contributed by atoms with Gasteiger partial charge in [0, 0.05) is 23.9 Å². The number of esters is 1. The number of nitro benzene ring substituents is 1. The van der Waals surface area contributed by atoms with E-state index in [-0.39, 0.29) is 18.0 Å². The number of nitrogens with zero attached hydrogens (tertiary/aromatic N) is 1. The molecule has 1 aliphatic rings. The van der Waals surface area contributed by atoms with Gasteiger partial charge < -0.3 is 19.5 Å². The zero-order chi connectivity index (χ0) is 17.8. The first-order chi connectivity index (χ1) is 12.0. The van der Waals surface area contributed by atoms with Crippen molar-refractivity contribution >= 4 is 23.3 Å². The minimum atomic E-state index is -0.754. The second-order valence-corrected chi connectivity index (χ2v) is 5.00. The zero-order valence-corrected chi connectivity index (χ0v) is 12.8. The third-order valence-corrected chi connectivity index (χ3v) is 3.30. The van der Waals surface area contributed by atoms with E-state index in [9.17, 15) is 19.7 Å². The van der Waals surface area contributed by atoms with Gasteiger partial charge in [-0.15, -0.1) is 0 Å². The Labute approximate surface area is 141 Å². The molecule has 0 saturated heterocycles. The summed E-state index contributed by atoms with van der Waals surface area (Å²) in [5, 5.41) is 13.1. The summed E-state index contributed by atoms with van der Waals surface area (Å²) in [5.41, 5.74) is 0.444. The van der Waals surface area contributed by atoms with Crippen molar-refractivity contribution in [2.75, 3.05) is 18.7 Å². The molecule has 2 aromatic carbocycles. The highest BCUT2D eigenvalue weighted by Crippen LogP contribution is 2.34. The topological polar surface area (TPSA) is 117 Å². The van der Waals surface area contributed by atoms with E-state index in [0.717, 1.165) is 0 Å². The van der Waals surface area contributed by atoms with Crippen LogP contribution in [0.3, 0.4) is 0 Å².